The minimum Gasteiger partial charge on any atom is -0.494 e. The average molecular weight is 447 g/mol. The van der Waals surface area contributed by atoms with E-state index >= 15 is 0 Å². The Balaban J connectivity index is 1.71. The summed E-state index contributed by atoms with van der Waals surface area (Å²) < 4.78 is 11.2. The molecule has 168 valence electrons. The maximum absolute atomic E-state index is 12.2. The Bertz CT molecular complexity index is 845. The van der Waals surface area contributed by atoms with Crippen LogP contribution in [0, 0.1) is 13.8 Å². The van der Waals surface area contributed by atoms with E-state index in [4.69, 9.17) is 21.1 Å². The third kappa shape index (κ3) is 8.50. The first-order valence-electron chi connectivity index (χ1n) is 10.6. The standard InChI is InChI=1S/C24H31ClN2O4/c1-4-5-6-7-8-13-30-20-11-9-19(10-12-20)24(29)27-26-22(28)16-31-21-14-17(2)23(25)18(3)15-21/h9-12,14-15H,4-8,13,16H2,1-3H3,(H,26,28)(H,27,29). The molecule has 0 saturated carbocycles. The highest BCUT2D eigenvalue weighted by atomic mass is 35.5. The van der Waals surface area contributed by atoms with E-state index in [0.29, 0.717) is 22.9 Å². The molecule has 0 atom stereocenters. The van der Waals surface area contributed by atoms with Crippen LogP contribution in [0.1, 0.15) is 60.5 Å². The highest BCUT2D eigenvalue weighted by molar-refractivity contribution is 6.32. The second-order valence-corrected chi connectivity index (χ2v) is 7.83. The van der Waals surface area contributed by atoms with Crippen molar-refractivity contribution in [3.05, 3.63) is 58.1 Å². The van der Waals surface area contributed by atoms with Gasteiger partial charge in [-0.1, -0.05) is 44.2 Å². The molecular weight excluding hydrogens is 416 g/mol. The van der Waals surface area contributed by atoms with Crippen molar-refractivity contribution in [2.24, 2.45) is 0 Å². The van der Waals surface area contributed by atoms with Crippen molar-refractivity contribution in [1.82, 2.24) is 10.9 Å². The fourth-order valence-electron chi connectivity index (χ4n) is 2.97. The number of carbonyl (C=O) groups excluding carboxylic acids is 2. The van der Waals surface area contributed by atoms with Crippen LogP contribution in [-0.4, -0.2) is 25.0 Å². The summed E-state index contributed by atoms with van der Waals surface area (Å²) >= 11 is 6.12. The Morgan fingerprint density at radius 1 is 0.871 bits per heavy atom. The van der Waals surface area contributed by atoms with Gasteiger partial charge >= 0.3 is 0 Å². The SMILES string of the molecule is CCCCCCCOc1ccc(C(=O)NNC(=O)COc2cc(C)c(Cl)c(C)c2)cc1. The molecule has 7 heteroatoms. The van der Waals surface area contributed by atoms with Gasteiger partial charge in [-0.2, -0.15) is 0 Å². The van der Waals surface area contributed by atoms with Gasteiger partial charge in [0.1, 0.15) is 11.5 Å². The molecule has 2 aromatic carbocycles. The van der Waals surface area contributed by atoms with Crippen molar-refractivity contribution in [3.8, 4) is 11.5 Å². The number of hydrazine groups is 1. The lowest BCUT2D eigenvalue weighted by atomic mass is 10.1. The number of carbonyl (C=O) groups is 2. The number of unbranched alkanes of at least 4 members (excludes halogenated alkanes) is 4. The molecular formula is C24H31ClN2O4. The molecule has 0 radical (unpaired) electrons. The monoisotopic (exact) mass is 446 g/mol. The van der Waals surface area contributed by atoms with Crippen LogP contribution in [0.5, 0.6) is 11.5 Å². The number of amides is 2. The summed E-state index contributed by atoms with van der Waals surface area (Å²) in [5.41, 5.74) is 6.88. The smallest absolute Gasteiger partial charge is 0.276 e. The van der Waals surface area contributed by atoms with Crippen molar-refractivity contribution in [2.75, 3.05) is 13.2 Å². The zero-order valence-corrected chi connectivity index (χ0v) is 19.2. The number of halogens is 1. The Morgan fingerprint density at radius 2 is 1.52 bits per heavy atom. The van der Waals surface area contributed by atoms with Crippen molar-refractivity contribution in [1.29, 1.82) is 0 Å². The lowest BCUT2D eigenvalue weighted by Gasteiger charge is -2.11. The Morgan fingerprint density at radius 3 is 2.16 bits per heavy atom. The van der Waals surface area contributed by atoms with Crippen LogP contribution in [0.15, 0.2) is 36.4 Å². The van der Waals surface area contributed by atoms with Crippen molar-refractivity contribution < 1.29 is 19.1 Å². The summed E-state index contributed by atoms with van der Waals surface area (Å²) in [6.07, 6.45) is 5.89. The largest absolute Gasteiger partial charge is 0.494 e. The average Bonchev–Trinajstić information content (AvgIpc) is 2.77. The van der Waals surface area contributed by atoms with Gasteiger partial charge in [-0.25, -0.2) is 0 Å². The van der Waals surface area contributed by atoms with Gasteiger partial charge in [-0.15, -0.1) is 0 Å². The molecule has 2 amide bonds. The molecule has 0 spiro atoms. The predicted octanol–water partition coefficient (Wildman–Crippen LogP) is 5.15. The second-order valence-electron chi connectivity index (χ2n) is 7.45. The summed E-state index contributed by atoms with van der Waals surface area (Å²) in [5, 5.41) is 0.674. The van der Waals surface area contributed by atoms with Crippen LogP contribution in [-0.2, 0) is 4.79 Å². The van der Waals surface area contributed by atoms with Gasteiger partial charge in [0.25, 0.3) is 11.8 Å². The molecule has 0 bridgehead atoms. The molecule has 0 aliphatic rings. The van der Waals surface area contributed by atoms with Crippen LogP contribution in [0.4, 0.5) is 0 Å². The van der Waals surface area contributed by atoms with Crippen LogP contribution in [0.2, 0.25) is 5.02 Å². The molecule has 0 aliphatic heterocycles. The maximum atomic E-state index is 12.2. The van der Waals surface area contributed by atoms with Crippen molar-refractivity contribution in [2.45, 2.75) is 52.9 Å². The van der Waals surface area contributed by atoms with Gasteiger partial charge in [0.2, 0.25) is 0 Å². The minimum absolute atomic E-state index is 0.230. The van der Waals surface area contributed by atoms with Crippen LogP contribution in [0.25, 0.3) is 0 Å². The molecule has 31 heavy (non-hydrogen) atoms. The molecule has 0 aromatic heterocycles. The summed E-state index contributed by atoms with van der Waals surface area (Å²) in [6.45, 7) is 6.36. The van der Waals surface area contributed by atoms with E-state index in [-0.39, 0.29) is 6.61 Å². The van der Waals surface area contributed by atoms with Crippen LogP contribution < -0.4 is 20.3 Å². The lowest BCUT2D eigenvalue weighted by molar-refractivity contribution is -0.123. The van der Waals surface area contributed by atoms with Crippen molar-refractivity contribution >= 4 is 23.4 Å². The molecule has 0 fully saturated rings. The zero-order valence-electron chi connectivity index (χ0n) is 18.4. The quantitative estimate of drug-likeness (QED) is 0.370. The summed E-state index contributed by atoms with van der Waals surface area (Å²) in [4.78, 5) is 24.2. The maximum Gasteiger partial charge on any atom is 0.276 e. The number of hydrogen-bond donors (Lipinski definition) is 2. The topological polar surface area (TPSA) is 76.7 Å². The molecule has 2 rings (SSSR count). The lowest BCUT2D eigenvalue weighted by Crippen LogP contribution is -2.43. The Labute approximate surface area is 189 Å². The third-order valence-corrected chi connectivity index (χ3v) is 5.32. The van der Waals surface area contributed by atoms with E-state index in [1.165, 1.54) is 19.3 Å². The van der Waals surface area contributed by atoms with Gasteiger partial charge in [0.15, 0.2) is 6.61 Å². The van der Waals surface area contributed by atoms with E-state index < -0.39 is 11.8 Å². The molecule has 0 heterocycles. The summed E-state index contributed by atoms with van der Waals surface area (Å²) in [7, 11) is 0. The second kappa shape index (κ2) is 12.8. The van der Waals surface area contributed by atoms with E-state index in [0.717, 1.165) is 29.7 Å². The van der Waals surface area contributed by atoms with Gasteiger partial charge in [-0.05, 0) is 67.8 Å². The van der Waals surface area contributed by atoms with E-state index in [1.54, 1.807) is 36.4 Å². The zero-order chi connectivity index (χ0) is 22.6. The number of aryl methyl sites for hydroxylation is 2. The van der Waals surface area contributed by atoms with Gasteiger partial charge < -0.3 is 9.47 Å². The minimum atomic E-state index is -0.471. The number of rotatable bonds is 11. The summed E-state index contributed by atoms with van der Waals surface area (Å²) in [5.74, 6) is 0.374. The predicted molar refractivity (Wildman–Crippen MR) is 123 cm³/mol. The molecule has 0 unspecified atom stereocenters. The highest BCUT2D eigenvalue weighted by Crippen LogP contribution is 2.25. The van der Waals surface area contributed by atoms with Gasteiger partial charge in [-0.3, -0.25) is 20.4 Å². The number of nitrogens with one attached hydrogen (secondary N) is 2. The highest BCUT2D eigenvalue weighted by Gasteiger charge is 2.09. The summed E-state index contributed by atoms with van der Waals surface area (Å²) in [6, 6.07) is 10.3. The van der Waals surface area contributed by atoms with Crippen LogP contribution in [0.3, 0.4) is 0 Å². The molecule has 2 aromatic rings. The number of ether oxygens (including phenoxy) is 2. The first-order chi connectivity index (χ1) is 14.9. The van der Waals surface area contributed by atoms with Crippen LogP contribution >= 0.6 is 11.6 Å². The fourth-order valence-corrected chi connectivity index (χ4v) is 3.08. The first-order valence-corrected chi connectivity index (χ1v) is 11.0. The van der Waals surface area contributed by atoms with E-state index in [2.05, 4.69) is 17.8 Å². The third-order valence-electron chi connectivity index (χ3n) is 4.73. The molecule has 0 saturated heterocycles. The van der Waals surface area contributed by atoms with E-state index in [1.807, 2.05) is 13.8 Å². The fraction of sp³-hybridized carbons (Fsp3) is 0.417. The normalized spacial score (nSPS) is 10.5. The van der Waals surface area contributed by atoms with Gasteiger partial charge in [0.05, 0.1) is 6.61 Å². The first kappa shape index (κ1) is 24.5. The number of hydrogen-bond acceptors (Lipinski definition) is 4. The Hall–Kier alpha value is -2.73. The van der Waals surface area contributed by atoms with E-state index in [9.17, 15) is 9.59 Å². The molecule has 6 nitrogen and oxygen atoms in total. The molecule has 0 aliphatic carbocycles. The Kier molecular flexibility index (Phi) is 10.2. The van der Waals surface area contributed by atoms with Crippen molar-refractivity contribution in [3.63, 3.8) is 0 Å². The molecule has 2 N–H and O–H groups in total. The van der Waals surface area contributed by atoms with Gasteiger partial charge in [0, 0.05) is 10.6 Å². The number of benzene rings is 2.